The van der Waals surface area contributed by atoms with Crippen molar-refractivity contribution in [2.24, 2.45) is 0 Å². The summed E-state index contributed by atoms with van der Waals surface area (Å²) in [7, 11) is 0. The quantitative estimate of drug-likeness (QED) is 0.150. The number of fused-ring (bicyclic) bond motifs is 6. The van der Waals surface area contributed by atoms with E-state index in [-0.39, 0.29) is 0 Å². The fourth-order valence-electron chi connectivity index (χ4n) is 13.3. The van der Waals surface area contributed by atoms with Crippen LogP contribution in [0.3, 0.4) is 0 Å². The molecule has 2 heteroatoms. The molecule has 14 aromatic carbocycles. The highest BCUT2D eigenvalue weighted by molar-refractivity contribution is 8.03. The third-order valence-electron chi connectivity index (χ3n) is 17.0. The molecule has 0 amide bonds. The number of thiophene rings is 1. The maximum absolute atomic E-state index is 2.47. The Labute approximate surface area is 448 Å². The minimum absolute atomic E-state index is 0.479. The summed E-state index contributed by atoms with van der Waals surface area (Å²) in [5.74, 6) is 0.479. The lowest BCUT2D eigenvalue weighted by atomic mass is 9.86. The van der Waals surface area contributed by atoms with Crippen molar-refractivity contribution in [3.05, 3.63) is 259 Å². The Morgan fingerprint density at radius 2 is 0.763 bits per heavy atom. The van der Waals surface area contributed by atoms with Gasteiger partial charge in [-0.1, -0.05) is 218 Å². The lowest BCUT2D eigenvalue weighted by Crippen LogP contribution is -1.97. The second kappa shape index (κ2) is 16.4. The SMILES string of the molecule is C1=CCC2C(=C1)Sc1ccc(-c3ccc4ccc5c(-c6cccc(-c7ccc(-c8cccc(-c9ccc%10ccc%11c(-c%12ccc%13sc%14ccccc%14c%13c%12)ccc%12ccc9c%10c%12%11)c8)cc7)c6)ccc6ccc3c4c65)cc12. The van der Waals surface area contributed by atoms with Gasteiger partial charge >= 0.3 is 0 Å². The molecule has 2 aliphatic rings. The minimum atomic E-state index is 0.479. The molecule has 0 N–H and O–H groups in total. The number of hydrogen-bond acceptors (Lipinski definition) is 2. The Bertz CT molecular complexity index is 4990. The highest BCUT2D eigenvalue weighted by Gasteiger charge is 2.29. The van der Waals surface area contributed by atoms with Gasteiger partial charge in [0.05, 0.1) is 0 Å². The molecule has 0 saturated heterocycles. The van der Waals surface area contributed by atoms with Crippen molar-refractivity contribution < 1.29 is 0 Å². The van der Waals surface area contributed by atoms with E-state index >= 15 is 0 Å². The number of hydrogen-bond donors (Lipinski definition) is 0. The summed E-state index contributed by atoms with van der Waals surface area (Å²) < 4.78 is 2.67. The molecule has 15 aromatic rings. The van der Waals surface area contributed by atoms with E-state index in [9.17, 15) is 0 Å². The van der Waals surface area contributed by atoms with Crippen LogP contribution in [0.25, 0.3) is 152 Å². The lowest BCUT2D eigenvalue weighted by Gasteiger charge is -2.18. The van der Waals surface area contributed by atoms with Crippen LogP contribution in [0.15, 0.2) is 259 Å². The zero-order chi connectivity index (χ0) is 49.6. The van der Waals surface area contributed by atoms with Crippen molar-refractivity contribution in [3.8, 4) is 66.8 Å². The van der Waals surface area contributed by atoms with Gasteiger partial charge in [0.2, 0.25) is 0 Å². The van der Waals surface area contributed by atoms with E-state index in [2.05, 4.69) is 249 Å². The monoisotopic (exact) mass is 996 g/mol. The van der Waals surface area contributed by atoms with E-state index in [0.29, 0.717) is 5.92 Å². The zero-order valence-corrected chi connectivity index (χ0v) is 42.9. The molecule has 1 atom stereocenters. The van der Waals surface area contributed by atoms with Crippen molar-refractivity contribution in [2.75, 3.05) is 0 Å². The Hall–Kier alpha value is -8.79. The summed E-state index contributed by atoms with van der Waals surface area (Å²) in [5, 5.41) is 18.4. The molecule has 1 aliphatic carbocycles. The smallest absolute Gasteiger partial charge is 0.0355 e. The predicted octanol–water partition coefficient (Wildman–Crippen LogP) is 21.9. The van der Waals surface area contributed by atoms with E-state index in [0.717, 1.165) is 6.42 Å². The van der Waals surface area contributed by atoms with Crippen LogP contribution in [0.1, 0.15) is 17.9 Å². The average molecular weight is 997 g/mol. The van der Waals surface area contributed by atoms with Crippen LogP contribution in [0.4, 0.5) is 0 Å². The van der Waals surface area contributed by atoms with Gasteiger partial charge in [-0.15, -0.1) is 11.3 Å². The average Bonchev–Trinajstić information content (AvgIpc) is 4.10. The molecule has 1 aromatic heterocycles. The van der Waals surface area contributed by atoms with Gasteiger partial charge in [0.1, 0.15) is 0 Å². The lowest BCUT2D eigenvalue weighted by molar-refractivity contribution is 0.838. The van der Waals surface area contributed by atoms with Gasteiger partial charge in [-0.05, 0) is 191 Å². The van der Waals surface area contributed by atoms with Gasteiger partial charge in [0.15, 0.2) is 0 Å². The van der Waals surface area contributed by atoms with Crippen LogP contribution in [-0.4, -0.2) is 0 Å². The molecule has 1 unspecified atom stereocenters. The van der Waals surface area contributed by atoms with Crippen molar-refractivity contribution in [1.82, 2.24) is 0 Å². The summed E-state index contributed by atoms with van der Waals surface area (Å²) in [5.41, 5.74) is 16.4. The van der Waals surface area contributed by atoms with E-state index in [1.165, 1.54) is 167 Å². The van der Waals surface area contributed by atoms with Crippen molar-refractivity contribution in [3.63, 3.8) is 0 Å². The molecule has 0 radical (unpaired) electrons. The number of thioether (sulfide) groups is 1. The first kappa shape index (κ1) is 42.6. The van der Waals surface area contributed by atoms with Crippen LogP contribution in [0.5, 0.6) is 0 Å². The van der Waals surface area contributed by atoms with Gasteiger partial charge in [-0.3, -0.25) is 0 Å². The molecule has 76 heavy (non-hydrogen) atoms. The van der Waals surface area contributed by atoms with Gasteiger partial charge in [0.25, 0.3) is 0 Å². The fourth-order valence-corrected chi connectivity index (χ4v) is 15.6. The molecular weight excluding hydrogens is 953 g/mol. The normalized spacial score (nSPS) is 14.4. The summed E-state index contributed by atoms with van der Waals surface area (Å²) in [6.07, 6.45) is 7.91. The molecule has 0 fully saturated rings. The highest BCUT2D eigenvalue weighted by atomic mass is 32.2. The maximum atomic E-state index is 2.47. The van der Waals surface area contributed by atoms with Crippen molar-refractivity contribution in [2.45, 2.75) is 17.2 Å². The topological polar surface area (TPSA) is 0 Å². The van der Waals surface area contributed by atoms with E-state index in [4.69, 9.17) is 0 Å². The molecule has 0 spiro atoms. The van der Waals surface area contributed by atoms with Crippen LogP contribution in [-0.2, 0) is 0 Å². The molecular formula is C74H44S2. The van der Waals surface area contributed by atoms with E-state index in [1.54, 1.807) is 0 Å². The molecule has 0 bridgehead atoms. The first-order valence-corrected chi connectivity index (χ1v) is 28.1. The van der Waals surface area contributed by atoms with Crippen LogP contribution < -0.4 is 0 Å². The molecule has 0 saturated carbocycles. The number of allylic oxidation sites excluding steroid dienone is 4. The maximum Gasteiger partial charge on any atom is 0.0355 e. The third kappa shape index (κ3) is 6.38. The Morgan fingerprint density at radius 3 is 1.32 bits per heavy atom. The van der Waals surface area contributed by atoms with Gasteiger partial charge < -0.3 is 0 Å². The summed E-state index contributed by atoms with van der Waals surface area (Å²) in [6.45, 7) is 0. The van der Waals surface area contributed by atoms with Crippen molar-refractivity contribution >= 4 is 108 Å². The molecule has 352 valence electrons. The van der Waals surface area contributed by atoms with Crippen LogP contribution >= 0.6 is 23.1 Å². The molecule has 0 nitrogen and oxygen atoms in total. The zero-order valence-electron chi connectivity index (χ0n) is 41.3. The Morgan fingerprint density at radius 1 is 0.316 bits per heavy atom. The second-order valence-corrected chi connectivity index (χ2v) is 23.2. The fraction of sp³-hybridized carbons (Fsp3) is 0.0270. The minimum Gasteiger partial charge on any atom is -0.135 e. The van der Waals surface area contributed by atoms with E-state index < -0.39 is 0 Å². The van der Waals surface area contributed by atoms with Crippen LogP contribution in [0, 0.1) is 0 Å². The number of rotatable bonds is 6. The summed E-state index contributed by atoms with van der Waals surface area (Å²) >= 11 is 3.82. The molecule has 1 aliphatic heterocycles. The second-order valence-electron chi connectivity index (χ2n) is 21.0. The predicted molar refractivity (Wildman–Crippen MR) is 330 cm³/mol. The summed E-state index contributed by atoms with van der Waals surface area (Å²) in [6, 6.07) is 87.6. The van der Waals surface area contributed by atoms with E-state index in [1.807, 2.05) is 23.1 Å². The standard InChI is InChI=1S/C74H44S2/c1-3-13-67-59(11-1)65-41-53(27-37-69(65)75-67)57-31-21-47-23-33-61-55(29-19-45-25-35-63(57)73(47)71(45)61)51-9-5-7-49(39-51)43-15-17-44(18-16-43)50-8-6-10-52(40-50)56-30-20-46-26-36-64-58(32-22-48-24-34-62(56)72(46)74(48)64)54-28-38-70-66(42-54)60-12-2-4-14-68(60)76-70/h1-11,13-42,60H,12H2. The molecule has 17 rings (SSSR count). The van der Waals surface area contributed by atoms with Crippen LogP contribution in [0.2, 0.25) is 0 Å². The number of benzene rings is 14. The summed E-state index contributed by atoms with van der Waals surface area (Å²) in [4.78, 5) is 2.88. The van der Waals surface area contributed by atoms with Gasteiger partial charge in [-0.2, -0.15) is 0 Å². The largest absolute Gasteiger partial charge is 0.135 e. The Kier molecular flexibility index (Phi) is 9.16. The first-order valence-electron chi connectivity index (χ1n) is 26.5. The Balaban J connectivity index is 0.698. The first-order chi connectivity index (χ1) is 37.6. The highest BCUT2D eigenvalue weighted by Crippen LogP contribution is 2.53. The van der Waals surface area contributed by atoms with Crippen molar-refractivity contribution in [1.29, 1.82) is 0 Å². The van der Waals surface area contributed by atoms with Gasteiger partial charge in [0, 0.05) is 31.0 Å². The van der Waals surface area contributed by atoms with Gasteiger partial charge in [-0.25, -0.2) is 0 Å². The third-order valence-corrected chi connectivity index (χ3v) is 19.4. The molecule has 2 heterocycles.